The molecule has 7 nitrogen and oxygen atoms in total. The van der Waals surface area contributed by atoms with E-state index in [9.17, 15) is 4.79 Å². The molecule has 0 aliphatic carbocycles. The van der Waals surface area contributed by atoms with Gasteiger partial charge in [0.2, 0.25) is 5.91 Å². The van der Waals surface area contributed by atoms with E-state index >= 15 is 0 Å². The first-order valence-electron chi connectivity index (χ1n) is 10.4. The smallest absolute Gasteiger partial charge is 0.236 e. The number of amides is 1. The van der Waals surface area contributed by atoms with Gasteiger partial charge in [-0.05, 0) is 43.7 Å². The fraction of sp³-hybridized carbons (Fsp3) is 0.500. The van der Waals surface area contributed by atoms with Crippen LogP contribution in [-0.4, -0.2) is 67.4 Å². The summed E-state index contributed by atoms with van der Waals surface area (Å²) in [6.07, 6.45) is 3.17. The summed E-state index contributed by atoms with van der Waals surface area (Å²) in [5.41, 5.74) is 1.80. The van der Waals surface area contributed by atoms with Crippen molar-refractivity contribution in [3.63, 3.8) is 0 Å². The van der Waals surface area contributed by atoms with Crippen molar-refractivity contribution >= 4 is 11.7 Å². The second-order valence-corrected chi connectivity index (χ2v) is 7.26. The standard InChI is InChI=1S/C22H31N5O2/c1-3-4-11-23-17-22(28)27-13-6-12-26(14-15-27)21-10-9-20(24-25-21)18-7-5-8-19(16-18)29-2/h5,7-10,16,23H,3-4,6,11-15,17H2,1-2H3. The maximum Gasteiger partial charge on any atom is 0.236 e. The Balaban J connectivity index is 1.56. The number of nitrogens with zero attached hydrogens (tertiary/aromatic N) is 4. The summed E-state index contributed by atoms with van der Waals surface area (Å²) in [5.74, 6) is 1.84. The zero-order chi connectivity index (χ0) is 20.5. The maximum atomic E-state index is 12.4. The van der Waals surface area contributed by atoms with Crippen LogP contribution >= 0.6 is 0 Å². The molecule has 7 heteroatoms. The molecular formula is C22H31N5O2. The maximum absolute atomic E-state index is 12.4. The number of ether oxygens (including phenoxy) is 1. The van der Waals surface area contributed by atoms with Crippen LogP contribution in [0, 0.1) is 0 Å². The number of carbonyl (C=O) groups is 1. The summed E-state index contributed by atoms with van der Waals surface area (Å²) in [4.78, 5) is 16.6. The molecule has 1 aromatic heterocycles. The third-order valence-electron chi connectivity index (χ3n) is 5.17. The van der Waals surface area contributed by atoms with Gasteiger partial charge in [0.25, 0.3) is 0 Å². The molecule has 29 heavy (non-hydrogen) atoms. The molecule has 1 aliphatic rings. The molecule has 156 valence electrons. The minimum atomic E-state index is 0.183. The highest BCUT2D eigenvalue weighted by atomic mass is 16.5. The van der Waals surface area contributed by atoms with Crippen molar-refractivity contribution in [2.75, 3.05) is 51.3 Å². The summed E-state index contributed by atoms with van der Waals surface area (Å²) < 4.78 is 5.28. The van der Waals surface area contributed by atoms with E-state index in [4.69, 9.17) is 4.74 Å². The van der Waals surface area contributed by atoms with Gasteiger partial charge in [0, 0.05) is 31.7 Å². The van der Waals surface area contributed by atoms with E-state index in [2.05, 4.69) is 27.3 Å². The first-order chi connectivity index (χ1) is 14.2. The molecule has 1 aromatic carbocycles. The largest absolute Gasteiger partial charge is 0.497 e. The van der Waals surface area contributed by atoms with Gasteiger partial charge in [0.15, 0.2) is 5.82 Å². The molecule has 2 heterocycles. The van der Waals surface area contributed by atoms with Crippen LogP contribution in [0.4, 0.5) is 5.82 Å². The van der Waals surface area contributed by atoms with Crippen LogP contribution in [0.3, 0.4) is 0 Å². The van der Waals surface area contributed by atoms with Gasteiger partial charge in [0.1, 0.15) is 5.75 Å². The van der Waals surface area contributed by atoms with Crippen molar-refractivity contribution in [2.45, 2.75) is 26.2 Å². The number of unbranched alkanes of at least 4 members (excludes halogenated alkanes) is 1. The fourth-order valence-corrected chi connectivity index (χ4v) is 3.44. The van der Waals surface area contributed by atoms with E-state index in [1.807, 2.05) is 41.3 Å². The van der Waals surface area contributed by atoms with E-state index in [1.165, 1.54) is 0 Å². The molecule has 1 saturated heterocycles. The van der Waals surface area contributed by atoms with Crippen molar-refractivity contribution in [1.29, 1.82) is 0 Å². The number of methoxy groups -OCH3 is 1. The summed E-state index contributed by atoms with van der Waals surface area (Å²) >= 11 is 0. The Morgan fingerprint density at radius 1 is 1.14 bits per heavy atom. The van der Waals surface area contributed by atoms with Crippen molar-refractivity contribution in [2.24, 2.45) is 0 Å². The molecule has 2 aromatic rings. The Bertz CT molecular complexity index is 781. The monoisotopic (exact) mass is 397 g/mol. The molecule has 1 fully saturated rings. The summed E-state index contributed by atoms with van der Waals surface area (Å²) in [7, 11) is 1.66. The van der Waals surface area contributed by atoms with Crippen LogP contribution in [0.15, 0.2) is 36.4 Å². The average molecular weight is 398 g/mol. The molecule has 0 atom stereocenters. The van der Waals surface area contributed by atoms with Crippen LogP contribution in [0.25, 0.3) is 11.3 Å². The Labute approximate surface area is 173 Å². The molecule has 1 N–H and O–H groups in total. The quantitative estimate of drug-likeness (QED) is 0.691. The number of anilines is 1. The molecule has 0 spiro atoms. The molecule has 0 saturated carbocycles. The zero-order valence-corrected chi connectivity index (χ0v) is 17.4. The molecule has 0 bridgehead atoms. The lowest BCUT2D eigenvalue weighted by atomic mass is 10.1. The number of carbonyl (C=O) groups excluding carboxylic acids is 1. The molecule has 0 unspecified atom stereocenters. The minimum absolute atomic E-state index is 0.183. The van der Waals surface area contributed by atoms with Crippen molar-refractivity contribution in [1.82, 2.24) is 20.4 Å². The summed E-state index contributed by atoms with van der Waals surface area (Å²) in [6, 6.07) is 11.8. The number of hydrogen-bond acceptors (Lipinski definition) is 6. The highest BCUT2D eigenvalue weighted by Gasteiger charge is 2.20. The number of rotatable bonds is 8. The fourth-order valence-electron chi connectivity index (χ4n) is 3.44. The van der Waals surface area contributed by atoms with Gasteiger partial charge in [0.05, 0.1) is 19.3 Å². The Hall–Kier alpha value is -2.67. The van der Waals surface area contributed by atoms with Gasteiger partial charge in [-0.2, -0.15) is 0 Å². The van der Waals surface area contributed by atoms with Crippen LogP contribution < -0.4 is 15.0 Å². The highest BCUT2D eigenvalue weighted by Crippen LogP contribution is 2.23. The van der Waals surface area contributed by atoms with Gasteiger partial charge in [-0.15, -0.1) is 10.2 Å². The van der Waals surface area contributed by atoms with Crippen molar-refractivity contribution in [3.8, 4) is 17.0 Å². The average Bonchev–Trinajstić information content (AvgIpc) is 3.03. The number of nitrogens with one attached hydrogen (secondary N) is 1. The molecule has 3 rings (SSSR count). The minimum Gasteiger partial charge on any atom is -0.497 e. The van der Waals surface area contributed by atoms with E-state index in [0.29, 0.717) is 13.1 Å². The SMILES string of the molecule is CCCCNCC(=O)N1CCCN(c2ccc(-c3cccc(OC)c3)nn2)CC1. The summed E-state index contributed by atoms with van der Waals surface area (Å²) in [6.45, 7) is 6.63. The zero-order valence-electron chi connectivity index (χ0n) is 17.4. The van der Waals surface area contributed by atoms with Gasteiger partial charge in [-0.1, -0.05) is 25.5 Å². The lowest BCUT2D eigenvalue weighted by Crippen LogP contribution is -2.40. The van der Waals surface area contributed by atoms with Crippen LogP contribution in [0.2, 0.25) is 0 Å². The number of benzene rings is 1. The van der Waals surface area contributed by atoms with Crippen molar-refractivity contribution < 1.29 is 9.53 Å². The van der Waals surface area contributed by atoms with Crippen LogP contribution in [-0.2, 0) is 4.79 Å². The van der Waals surface area contributed by atoms with E-state index in [0.717, 1.165) is 68.3 Å². The third-order valence-corrected chi connectivity index (χ3v) is 5.17. The first kappa shape index (κ1) is 21.0. The molecule has 0 radical (unpaired) electrons. The van der Waals surface area contributed by atoms with E-state index in [1.54, 1.807) is 7.11 Å². The predicted molar refractivity (Wildman–Crippen MR) is 115 cm³/mol. The Morgan fingerprint density at radius 3 is 2.79 bits per heavy atom. The molecular weight excluding hydrogens is 366 g/mol. The van der Waals surface area contributed by atoms with Gasteiger partial charge >= 0.3 is 0 Å². The normalized spacial score (nSPS) is 14.6. The lowest BCUT2D eigenvalue weighted by molar-refractivity contribution is -0.130. The van der Waals surface area contributed by atoms with Crippen LogP contribution in [0.1, 0.15) is 26.2 Å². The second kappa shape index (κ2) is 10.8. The Kier molecular flexibility index (Phi) is 7.81. The second-order valence-electron chi connectivity index (χ2n) is 7.26. The number of hydrogen-bond donors (Lipinski definition) is 1. The Morgan fingerprint density at radius 2 is 2.03 bits per heavy atom. The van der Waals surface area contributed by atoms with Gasteiger partial charge < -0.3 is 19.9 Å². The lowest BCUT2D eigenvalue weighted by Gasteiger charge is -2.22. The van der Waals surface area contributed by atoms with Crippen LogP contribution in [0.5, 0.6) is 5.75 Å². The van der Waals surface area contributed by atoms with E-state index < -0.39 is 0 Å². The number of aromatic nitrogens is 2. The van der Waals surface area contributed by atoms with Crippen molar-refractivity contribution in [3.05, 3.63) is 36.4 Å². The van der Waals surface area contributed by atoms with Gasteiger partial charge in [-0.25, -0.2) is 0 Å². The summed E-state index contributed by atoms with van der Waals surface area (Å²) in [5, 5.41) is 12.1. The molecule has 1 amide bonds. The van der Waals surface area contributed by atoms with Gasteiger partial charge in [-0.3, -0.25) is 4.79 Å². The first-order valence-corrected chi connectivity index (χ1v) is 10.4. The third kappa shape index (κ3) is 5.90. The topological polar surface area (TPSA) is 70.6 Å². The molecule has 1 aliphatic heterocycles. The highest BCUT2D eigenvalue weighted by molar-refractivity contribution is 5.78. The predicted octanol–water partition coefficient (Wildman–Crippen LogP) is 2.58. The van der Waals surface area contributed by atoms with E-state index in [-0.39, 0.29) is 5.91 Å².